The summed E-state index contributed by atoms with van der Waals surface area (Å²) in [6, 6.07) is 30.5. The van der Waals surface area contributed by atoms with Gasteiger partial charge in [-0.05, 0) is 42.7 Å². The highest BCUT2D eigenvalue weighted by Crippen LogP contribution is 2.47. The molecule has 1 aliphatic heterocycles. The first-order valence-corrected chi connectivity index (χ1v) is 12.2. The number of rotatable bonds is 4. The number of carbonyl (C=O) groups is 1. The van der Waals surface area contributed by atoms with E-state index >= 15 is 0 Å². The molecule has 7 rings (SSSR count). The predicted molar refractivity (Wildman–Crippen MR) is 143 cm³/mol. The molecule has 0 spiro atoms. The molecular weight excluding hydrogens is 462 g/mol. The Morgan fingerprint density at radius 1 is 0.892 bits per heavy atom. The Morgan fingerprint density at radius 3 is 2.41 bits per heavy atom. The summed E-state index contributed by atoms with van der Waals surface area (Å²) in [4.78, 5) is 21.2. The van der Waals surface area contributed by atoms with Crippen LogP contribution in [0, 0.1) is 0 Å². The maximum absolute atomic E-state index is 11.4. The zero-order chi connectivity index (χ0) is 25.0. The highest BCUT2D eigenvalue weighted by atomic mass is 16.4. The second kappa shape index (κ2) is 8.06. The normalized spacial score (nSPS) is 14.4. The van der Waals surface area contributed by atoms with E-state index in [1.54, 1.807) is 6.20 Å². The molecule has 1 saturated carbocycles. The van der Waals surface area contributed by atoms with Crippen molar-refractivity contribution in [2.45, 2.75) is 18.4 Å². The van der Waals surface area contributed by atoms with Crippen molar-refractivity contribution in [3.05, 3.63) is 103 Å². The maximum atomic E-state index is 11.4. The van der Waals surface area contributed by atoms with E-state index in [9.17, 15) is 9.90 Å². The number of pyridine rings is 1. The Morgan fingerprint density at radius 2 is 1.65 bits per heavy atom. The van der Waals surface area contributed by atoms with Gasteiger partial charge in [-0.15, -0.1) is 0 Å². The third-order valence-corrected chi connectivity index (χ3v) is 7.18. The number of hydrogen-bond acceptors (Lipinski definition) is 4. The molecule has 5 aromatic rings. The summed E-state index contributed by atoms with van der Waals surface area (Å²) in [7, 11) is 0. The third-order valence-electron chi connectivity index (χ3n) is 7.18. The predicted octanol–water partition coefficient (Wildman–Crippen LogP) is 6.58. The minimum atomic E-state index is -0.996. The Hall–Kier alpha value is -4.91. The van der Waals surface area contributed by atoms with Gasteiger partial charge in [0.1, 0.15) is 5.82 Å². The van der Waals surface area contributed by atoms with Crippen LogP contribution >= 0.6 is 0 Å². The highest BCUT2D eigenvalue weighted by Gasteiger charge is 2.45. The quantitative estimate of drug-likeness (QED) is 0.262. The molecule has 7 nitrogen and oxygen atoms in total. The largest absolute Gasteiger partial charge is 0.465 e. The lowest BCUT2D eigenvalue weighted by Crippen LogP contribution is -2.33. The zero-order valence-electron chi connectivity index (χ0n) is 19.8. The van der Waals surface area contributed by atoms with Crippen LogP contribution in [-0.4, -0.2) is 25.7 Å². The summed E-state index contributed by atoms with van der Waals surface area (Å²) in [5.41, 5.74) is 7.17. The summed E-state index contributed by atoms with van der Waals surface area (Å²) >= 11 is 0. The van der Waals surface area contributed by atoms with Gasteiger partial charge in [0, 0.05) is 22.9 Å². The summed E-state index contributed by atoms with van der Waals surface area (Å²) in [6.45, 7) is 0. The van der Waals surface area contributed by atoms with Crippen molar-refractivity contribution >= 4 is 17.6 Å². The molecule has 37 heavy (non-hydrogen) atoms. The lowest BCUT2D eigenvalue weighted by Gasteiger charge is -2.17. The van der Waals surface area contributed by atoms with E-state index in [1.165, 1.54) is 0 Å². The van der Waals surface area contributed by atoms with Gasteiger partial charge in [0.05, 0.1) is 28.3 Å². The number of aromatic nitrogens is 3. The van der Waals surface area contributed by atoms with E-state index in [0.717, 1.165) is 69.5 Å². The number of carboxylic acid groups (broad SMARTS) is 1. The third kappa shape index (κ3) is 3.47. The smallest absolute Gasteiger partial charge is 0.405 e. The molecule has 7 heteroatoms. The molecule has 0 saturated heterocycles. The number of nitrogens with one attached hydrogen (secondary N) is 2. The number of para-hydroxylation sites is 1. The van der Waals surface area contributed by atoms with E-state index in [-0.39, 0.29) is 0 Å². The summed E-state index contributed by atoms with van der Waals surface area (Å²) < 4.78 is 2.18. The molecule has 1 amide bonds. The molecule has 0 radical (unpaired) electrons. The van der Waals surface area contributed by atoms with E-state index in [4.69, 9.17) is 4.98 Å². The lowest BCUT2D eigenvalue weighted by atomic mass is 9.99. The van der Waals surface area contributed by atoms with E-state index in [0.29, 0.717) is 0 Å². The van der Waals surface area contributed by atoms with Crippen molar-refractivity contribution in [3.8, 4) is 39.6 Å². The number of fused-ring (bicyclic) bond motifs is 5. The molecule has 1 aliphatic carbocycles. The van der Waals surface area contributed by atoms with Crippen LogP contribution in [0.15, 0.2) is 97.2 Å². The fourth-order valence-electron chi connectivity index (χ4n) is 5.25. The molecule has 2 aromatic heterocycles. The Balaban J connectivity index is 1.49. The van der Waals surface area contributed by atoms with Crippen LogP contribution in [-0.2, 0) is 5.54 Å². The molecule has 3 heterocycles. The molecule has 0 unspecified atom stereocenters. The van der Waals surface area contributed by atoms with E-state index in [1.807, 2.05) is 54.6 Å². The minimum Gasteiger partial charge on any atom is -0.465 e. The average Bonchev–Trinajstić information content (AvgIpc) is 3.62. The van der Waals surface area contributed by atoms with Crippen LogP contribution in [0.2, 0.25) is 0 Å². The minimum absolute atomic E-state index is 0.486. The van der Waals surface area contributed by atoms with Crippen LogP contribution in [0.4, 0.5) is 16.3 Å². The van der Waals surface area contributed by atoms with Crippen molar-refractivity contribution in [1.82, 2.24) is 19.9 Å². The Bertz CT molecular complexity index is 1650. The Labute approximate surface area is 213 Å². The topological polar surface area (TPSA) is 92.1 Å². The maximum Gasteiger partial charge on any atom is 0.405 e. The number of benzene rings is 3. The zero-order valence-corrected chi connectivity index (χ0v) is 19.8. The molecule has 1 fully saturated rings. The monoisotopic (exact) mass is 485 g/mol. The van der Waals surface area contributed by atoms with Crippen LogP contribution in [0.25, 0.3) is 39.6 Å². The second-order valence-corrected chi connectivity index (χ2v) is 9.47. The first-order valence-electron chi connectivity index (χ1n) is 12.2. The molecule has 3 aromatic carbocycles. The summed E-state index contributed by atoms with van der Waals surface area (Å²) in [5.74, 6) is 1.59. The van der Waals surface area contributed by atoms with E-state index in [2.05, 4.69) is 56.6 Å². The number of amides is 1. The molecule has 3 N–H and O–H groups in total. The Kier molecular flexibility index (Phi) is 4.66. The lowest BCUT2D eigenvalue weighted by molar-refractivity contribution is 0.188. The van der Waals surface area contributed by atoms with Gasteiger partial charge in [-0.1, -0.05) is 66.7 Å². The second-order valence-electron chi connectivity index (χ2n) is 9.47. The summed E-state index contributed by atoms with van der Waals surface area (Å²) in [6.07, 6.45) is 2.40. The van der Waals surface area contributed by atoms with Gasteiger partial charge in [-0.25, -0.2) is 14.8 Å². The van der Waals surface area contributed by atoms with Gasteiger partial charge >= 0.3 is 6.09 Å². The van der Waals surface area contributed by atoms with Gasteiger partial charge in [-0.3, -0.25) is 4.57 Å². The molecular formula is C30H23N5O2. The first kappa shape index (κ1) is 21.4. The summed E-state index contributed by atoms with van der Waals surface area (Å²) in [5, 5.41) is 15.5. The van der Waals surface area contributed by atoms with Crippen LogP contribution in [0.3, 0.4) is 0 Å². The number of hydrogen-bond donors (Lipinski definition) is 3. The van der Waals surface area contributed by atoms with Crippen LogP contribution in [0.1, 0.15) is 18.4 Å². The van der Waals surface area contributed by atoms with E-state index < -0.39 is 11.6 Å². The van der Waals surface area contributed by atoms with Gasteiger partial charge in [0.25, 0.3) is 0 Å². The molecule has 0 atom stereocenters. The van der Waals surface area contributed by atoms with Crippen molar-refractivity contribution in [2.75, 3.05) is 5.32 Å². The number of imidazole rings is 1. The SMILES string of the molecule is O=C(O)NC1(c2ccc(-c3c(-c4ccccc4)nc4n3-c3cccnc3Nc3ccccc3-4)cc2)CC1. The van der Waals surface area contributed by atoms with Crippen molar-refractivity contribution in [3.63, 3.8) is 0 Å². The van der Waals surface area contributed by atoms with Gasteiger partial charge < -0.3 is 15.7 Å². The van der Waals surface area contributed by atoms with Crippen LogP contribution in [0.5, 0.6) is 0 Å². The highest BCUT2D eigenvalue weighted by molar-refractivity contribution is 5.90. The van der Waals surface area contributed by atoms with Gasteiger partial charge in [0.15, 0.2) is 5.82 Å². The van der Waals surface area contributed by atoms with Crippen LogP contribution < -0.4 is 10.6 Å². The molecule has 0 bridgehead atoms. The van der Waals surface area contributed by atoms with Gasteiger partial charge in [-0.2, -0.15) is 0 Å². The fraction of sp³-hybridized carbons (Fsp3) is 0.100. The average molecular weight is 486 g/mol. The fourth-order valence-corrected chi connectivity index (χ4v) is 5.25. The number of nitrogens with zero attached hydrogens (tertiary/aromatic N) is 3. The molecule has 180 valence electrons. The first-order chi connectivity index (χ1) is 18.1. The standard InChI is InChI=1S/C30H23N5O2/c36-29(37)34-30(16-17-30)21-14-12-20(13-15-21)26-25(19-7-2-1-3-8-19)33-28-22-9-4-5-10-23(22)32-27-24(35(26)28)11-6-18-31-27/h1-15,18,34H,16-17H2,(H,31,32)(H,36,37). The van der Waals surface area contributed by atoms with Gasteiger partial charge in [0.2, 0.25) is 0 Å². The van der Waals surface area contributed by atoms with Crippen molar-refractivity contribution in [1.29, 1.82) is 0 Å². The van der Waals surface area contributed by atoms with Crippen molar-refractivity contribution in [2.24, 2.45) is 0 Å². The molecule has 2 aliphatic rings. The van der Waals surface area contributed by atoms with Crippen molar-refractivity contribution < 1.29 is 9.90 Å². The number of anilines is 2.